The lowest BCUT2D eigenvalue weighted by Gasteiger charge is -2.33. The fourth-order valence-corrected chi connectivity index (χ4v) is 2.09. The van der Waals surface area contributed by atoms with Crippen molar-refractivity contribution >= 4 is 11.8 Å². The Morgan fingerprint density at radius 1 is 1.35 bits per heavy atom. The summed E-state index contributed by atoms with van der Waals surface area (Å²) in [7, 11) is 0. The molecule has 0 radical (unpaired) electrons. The van der Waals surface area contributed by atoms with Crippen LogP contribution in [0, 0.1) is 11.8 Å². The Bertz CT molecular complexity index is 285. The maximum Gasteiger partial charge on any atom is 0.239 e. The molecule has 4 N–H and O–H groups in total. The zero-order chi connectivity index (χ0) is 13.0. The van der Waals surface area contributed by atoms with Gasteiger partial charge in [-0.3, -0.25) is 9.59 Å². The van der Waals surface area contributed by atoms with Crippen LogP contribution in [0.25, 0.3) is 0 Å². The van der Waals surface area contributed by atoms with E-state index in [2.05, 4.69) is 0 Å². The Morgan fingerprint density at radius 2 is 1.88 bits per heavy atom. The SMILES string of the molecule is CCC(C)C(N)C(=O)N1CCC(C(N)=O)CC1. The maximum absolute atomic E-state index is 12.1. The molecule has 2 amide bonds. The number of carbonyl (C=O) groups excluding carboxylic acids is 2. The lowest BCUT2D eigenvalue weighted by molar-refractivity contribution is -0.137. The highest BCUT2D eigenvalue weighted by Gasteiger charge is 2.30. The first-order valence-corrected chi connectivity index (χ1v) is 6.31. The molecule has 0 aromatic rings. The van der Waals surface area contributed by atoms with E-state index in [1.807, 2.05) is 13.8 Å². The highest BCUT2D eigenvalue weighted by Crippen LogP contribution is 2.18. The zero-order valence-electron chi connectivity index (χ0n) is 10.7. The molecule has 0 aliphatic carbocycles. The minimum Gasteiger partial charge on any atom is -0.369 e. The van der Waals surface area contributed by atoms with Gasteiger partial charge in [-0.15, -0.1) is 0 Å². The molecule has 0 spiro atoms. The van der Waals surface area contributed by atoms with Crippen molar-refractivity contribution in [1.82, 2.24) is 4.90 Å². The second-order valence-corrected chi connectivity index (χ2v) is 4.91. The summed E-state index contributed by atoms with van der Waals surface area (Å²) in [5, 5.41) is 0. The van der Waals surface area contributed by atoms with Crippen molar-refractivity contribution in [3.8, 4) is 0 Å². The van der Waals surface area contributed by atoms with Crippen molar-refractivity contribution < 1.29 is 9.59 Å². The Morgan fingerprint density at radius 3 is 2.29 bits per heavy atom. The molecule has 5 nitrogen and oxygen atoms in total. The minimum absolute atomic E-state index is 0.00210. The van der Waals surface area contributed by atoms with Gasteiger partial charge in [-0.1, -0.05) is 20.3 Å². The van der Waals surface area contributed by atoms with Gasteiger partial charge < -0.3 is 16.4 Å². The molecule has 1 heterocycles. The highest BCUT2D eigenvalue weighted by molar-refractivity contribution is 5.82. The van der Waals surface area contributed by atoms with E-state index in [1.165, 1.54) is 0 Å². The quantitative estimate of drug-likeness (QED) is 0.730. The number of nitrogens with two attached hydrogens (primary N) is 2. The summed E-state index contributed by atoms with van der Waals surface area (Å²) in [6, 6.07) is -0.426. The van der Waals surface area contributed by atoms with Gasteiger partial charge in [0.15, 0.2) is 0 Å². The summed E-state index contributed by atoms with van der Waals surface area (Å²) < 4.78 is 0. The highest BCUT2D eigenvalue weighted by atomic mass is 16.2. The van der Waals surface area contributed by atoms with E-state index in [0.717, 1.165) is 6.42 Å². The van der Waals surface area contributed by atoms with E-state index in [4.69, 9.17) is 11.5 Å². The van der Waals surface area contributed by atoms with Gasteiger partial charge in [-0.05, 0) is 18.8 Å². The molecule has 0 aromatic heterocycles. The molecule has 98 valence electrons. The van der Waals surface area contributed by atoms with Gasteiger partial charge in [0.25, 0.3) is 0 Å². The van der Waals surface area contributed by atoms with Gasteiger partial charge in [0.2, 0.25) is 11.8 Å². The first-order chi connectivity index (χ1) is 7.97. The summed E-state index contributed by atoms with van der Waals surface area (Å²) in [5.74, 6) is -0.152. The average Bonchev–Trinajstić information content (AvgIpc) is 2.36. The number of carbonyl (C=O) groups is 2. The van der Waals surface area contributed by atoms with Crippen LogP contribution in [0.4, 0.5) is 0 Å². The Kier molecular flexibility index (Phi) is 4.93. The third kappa shape index (κ3) is 3.43. The van der Waals surface area contributed by atoms with Crippen LogP contribution in [0.2, 0.25) is 0 Å². The number of rotatable bonds is 4. The molecule has 0 aromatic carbocycles. The monoisotopic (exact) mass is 241 g/mol. The molecule has 5 heteroatoms. The van der Waals surface area contributed by atoms with Gasteiger partial charge in [0, 0.05) is 19.0 Å². The predicted molar refractivity (Wildman–Crippen MR) is 65.9 cm³/mol. The van der Waals surface area contributed by atoms with Crippen LogP contribution in [0.15, 0.2) is 0 Å². The largest absolute Gasteiger partial charge is 0.369 e. The molecule has 17 heavy (non-hydrogen) atoms. The van der Waals surface area contributed by atoms with Gasteiger partial charge >= 0.3 is 0 Å². The number of primary amides is 1. The molecule has 1 saturated heterocycles. The standard InChI is InChI=1S/C12H23N3O2/c1-3-8(2)10(13)12(17)15-6-4-9(5-7-15)11(14)16/h8-10H,3-7,13H2,1-2H3,(H2,14,16). The third-order valence-electron chi connectivity index (χ3n) is 3.75. The van der Waals surface area contributed by atoms with Crippen molar-refractivity contribution in [2.45, 2.75) is 39.2 Å². The molecule has 2 unspecified atom stereocenters. The summed E-state index contributed by atoms with van der Waals surface area (Å²) in [5.41, 5.74) is 11.2. The smallest absolute Gasteiger partial charge is 0.239 e. The summed E-state index contributed by atoms with van der Waals surface area (Å²) in [4.78, 5) is 24.8. The van der Waals surface area contributed by atoms with Gasteiger partial charge in [-0.2, -0.15) is 0 Å². The predicted octanol–water partition coefficient (Wildman–Crippen LogP) is 0.0837. The molecule has 1 fully saturated rings. The van der Waals surface area contributed by atoms with E-state index < -0.39 is 6.04 Å². The minimum atomic E-state index is -0.426. The normalized spacial score (nSPS) is 21.0. The van der Waals surface area contributed by atoms with E-state index in [1.54, 1.807) is 4.90 Å². The maximum atomic E-state index is 12.1. The first-order valence-electron chi connectivity index (χ1n) is 6.31. The van der Waals surface area contributed by atoms with Crippen LogP contribution in [-0.4, -0.2) is 35.8 Å². The molecule has 0 saturated carbocycles. The van der Waals surface area contributed by atoms with Crippen molar-refractivity contribution in [3.63, 3.8) is 0 Å². The summed E-state index contributed by atoms with van der Waals surface area (Å²) >= 11 is 0. The van der Waals surface area contributed by atoms with Crippen LogP contribution in [-0.2, 0) is 9.59 Å². The van der Waals surface area contributed by atoms with Crippen molar-refractivity contribution in [1.29, 1.82) is 0 Å². The van der Waals surface area contributed by atoms with Gasteiger partial charge in [0.05, 0.1) is 6.04 Å². The van der Waals surface area contributed by atoms with Crippen LogP contribution < -0.4 is 11.5 Å². The van der Waals surface area contributed by atoms with Crippen LogP contribution >= 0.6 is 0 Å². The molecular weight excluding hydrogens is 218 g/mol. The van der Waals surface area contributed by atoms with E-state index in [9.17, 15) is 9.59 Å². The van der Waals surface area contributed by atoms with Gasteiger partial charge in [0.1, 0.15) is 0 Å². The van der Waals surface area contributed by atoms with Crippen molar-refractivity contribution in [2.75, 3.05) is 13.1 Å². The van der Waals surface area contributed by atoms with E-state index >= 15 is 0 Å². The molecule has 2 atom stereocenters. The van der Waals surface area contributed by atoms with E-state index in [0.29, 0.717) is 25.9 Å². The Balaban J connectivity index is 2.48. The number of nitrogens with zero attached hydrogens (tertiary/aromatic N) is 1. The third-order valence-corrected chi connectivity index (χ3v) is 3.75. The molecule has 1 aliphatic heterocycles. The Labute approximate surface area is 103 Å². The van der Waals surface area contributed by atoms with Crippen molar-refractivity contribution in [3.05, 3.63) is 0 Å². The molecule has 0 bridgehead atoms. The summed E-state index contributed by atoms with van der Waals surface area (Å²) in [6.45, 7) is 5.20. The zero-order valence-corrected chi connectivity index (χ0v) is 10.7. The van der Waals surface area contributed by atoms with E-state index in [-0.39, 0.29) is 23.7 Å². The molecular formula is C12H23N3O2. The second kappa shape index (κ2) is 6.00. The van der Waals surface area contributed by atoms with Crippen LogP contribution in [0.5, 0.6) is 0 Å². The average molecular weight is 241 g/mol. The van der Waals surface area contributed by atoms with Crippen molar-refractivity contribution in [2.24, 2.45) is 23.3 Å². The second-order valence-electron chi connectivity index (χ2n) is 4.91. The first kappa shape index (κ1) is 14.0. The number of amides is 2. The summed E-state index contributed by atoms with van der Waals surface area (Å²) in [6.07, 6.45) is 2.22. The van der Waals surface area contributed by atoms with Crippen LogP contribution in [0.3, 0.4) is 0 Å². The van der Waals surface area contributed by atoms with Crippen LogP contribution in [0.1, 0.15) is 33.1 Å². The number of likely N-dealkylation sites (tertiary alicyclic amines) is 1. The molecule has 1 rings (SSSR count). The Hall–Kier alpha value is -1.10. The fraction of sp³-hybridized carbons (Fsp3) is 0.833. The fourth-order valence-electron chi connectivity index (χ4n) is 2.09. The number of piperidine rings is 1. The molecule has 1 aliphatic rings. The van der Waals surface area contributed by atoms with Gasteiger partial charge in [-0.25, -0.2) is 0 Å². The lowest BCUT2D eigenvalue weighted by atomic mass is 9.94. The lowest BCUT2D eigenvalue weighted by Crippen LogP contribution is -2.50. The topological polar surface area (TPSA) is 89.4 Å². The number of hydrogen-bond acceptors (Lipinski definition) is 3. The number of hydrogen-bond donors (Lipinski definition) is 2.